The number of rotatable bonds is 13. The van der Waals surface area contributed by atoms with E-state index in [1.165, 1.54) is 38.2 Å². The molecule has 296 valence electrons. The third-order valence-electron chi connectivity index (χ3n) is 11.0. The molecule has 9 aromatic rings. The van der Waals surface area contributed by atoms with E-state index in [1.54, 1.807) is 0 Å². The number of aryl methyl sites for hydroxylation is 1. The quantitative estimate of drug-likeness (QED) is 0.0855. The van der Waals surface area contributed by atoms with Gasteiger partial charge in [0.2, 0.25) is 0 Å². The molecule has 0 amide bonds. The Bertz CT molecular complexity index is 2920. The molecule has 0 radical (unpaired) electrons. The van der Waals surface area contributed by atoms with Crippen LogP contribution in [0.3, 0.4) is 0 Å². The molecule has 61 heavy (non-hydrogen) atoms. The summed E-state index contributed by atoms with van der Waals surface area (Å²) in [5.74, 6) is 0.891. The van der Waals surface area contributed by atoms with Crippen molar-refractivity contribution in [2.45, 2.75) is 20.3 Å². The Morgan fingerprint density at radius 2 is 0.721 bits per heavy atom. The second-order valence-electron chi connectivity index (χ2n) is 15.4. The van der Waals surface area contributed by atoms with E-state index in [0.29, 0.717) is 0 Å². The lowest BCUT2D eigenvalue weighted by molar-refractivity contribution is 0.317. The van der Waals surface area contributed by atoms with Gasteiger partial charge in [-0.15, -0.1) is 0 Å². The minimum atomic E-state index is 0.718. The molecule has 0 unspecified atom stereocenters. The third-order valence-corrected chi connectivity index (χ3v) is 11.0. The van der Waals surface area contributed by atoms with Gasteiger partial charge in [-0.2, -0.15) is 0 Å². The summed E-state index contributed by atoms with van der Waals surface area (Å²) in [5.41, 5.74) is 12.6. The maximum absolute atomic E-state index is 5.85. The summed E-state index contributed by atoms with van der Waals surface area (Å²) in [6.07, 6.45) is 9.77. The van der Waals surface area contributed by atoms with Crippen molar-refractivity contribution < 1.29 is 4.74 Å². The molecule has 0 aliphatic heterocycles. The van der Waals surface area contributed by atoms with Crippen LogP contribution in [0.1, 0.15) is 41.2 Å². The molecule has 0 N–H and O–H groups in total. The molecule has 9 aromatic carbocycles. The Morgan fingerprint density at radius 3 is 1.15 bits per heavy atom. The Morgan fingerprint density at radius 1 is 0.361 bits per heavy atom. The van der Waals surface area contributed by atoms with E-state index in [2.05, 4.69) is 242 Å². The standard InChI is InChI=1S/C58H48N2O/c1-3-38-61-58-36-34-57(35-37-58)60(53-12-8-5-9-13-53)56-32-24-45(25-33-56)17-19-47-21-27-49-41-50-39-46(20-26-48(50)42-51(49)40-47)18-16-44-22-30-55(31-23-44)59(52-10-6-4-7-11-52)54-28-14-43(2)15-29-54/h4-37,39-42H,3,38H2,1-2H3/b18-16+,19-17+. The SMILES string of the molecule is CCCOc1ccc(N(c2ccccc2)c2ccc(/C=C/c3ccc4cc5cc(/C=C/c6ccc(N(c7ccccc7)c7ccc(C)cc7)cc6)ccc5cc4c3)cc2)cc1. The highest BCUT2D eigenvalue weighted by atomic mass is 16.5. The molecule has 3 heteroatoms. The van der Waals surface area contributed by atoms with Crippen LogP contribution >= 0.6 is 0 Å². The van der Waals surface area contributed by atoms with Crippen LogP contribution in [0.15, 0.2) is 206 Å². The number of ether oxygens (including phenoxy) is 1. The van der Waals surface area contributed by atoms with Crippen molar-refractivity contribution in [3.63, 3.8) is 0 Å². The second-order valence-corrected chi connectivity index (χ2v) is 15.4. The van der Waals surface area contributed by atoms with Crippen LogP contribution in [0.25, 0.3) is 45.8 Å². The van der Waals surface area contributed by atoms with E-state index < -0.39 is 0 Å². The Balaban J connectivity index is 0.891. The first-order valence-corrected chi connectivity index (χ1v) is 21.1. The predicted molar refractivity (Wildman–Crippen MR) is 262 cm³/mol. The molecule has 0 saturated carbocycles. The van der Waals surface area contributed by atoms with E-state index in [0.717, 1.165) is 64.0 Å². The van der Waals surface area contributed by atoms with Crippen LogP contribution in [0.4, 0.5) is 34.1 Å². The molecule has 0 aliphatic rings. The smallest absolute Gasteiger partial charge is 0.119 e. The van der Waals surface area contributed by atoms with Gasteiger partial charge in [-0.05, 0) is 166 Å². The highest BCUT2D eigenvalue weighted by Gasteiger charge is 2.14. The first-order valence-electron chi connectivity index (χ1n) is 21.1. The molecule has 3 nitrogen and oxygen atoms in total. The van der Waals surface area contributed by atoms with Gasteiger partial charge in [0.25, 0.3) is 0 Å². The van der Waals surface area contributed by atoms with Crippen molar-refractivity contribution in [2.75, 3.05) is 16.4 Å². The lowest BCUT2D eigenvalue weighted by Crippen LogP contribution is -2.09. The van der Waals surface area contributed by atoms with Gasteiger partial charge >= 0.3 is 0 Å². The van der Waals surface area contributed by atoms with Gasteiger partial charge in [-0.3, -0.25) is 0 Å². The summed E-state index contributed by atoms with van der Waals surface area (Å²) in [6, 6.07) is 73.6. The molecule has 0 heterocycles. The van der Waals surface area contributed by atoms with Crippen molar-refractivity contribution >= 4 is 80.0 Å². The van der Waals surface area contributed by atoms with Gasteiger partial charge in [0.15, 0.2) is 0 Å². The lowest BCUT2D eigenvalue weighted by atomic mass is 9.99. The zero-order valence-corrected chi connectivity index (χ0v) is 34.7. The summed E-state index contributed by atoms with van der Waals surface area (Å²) < 4.78 is 5.85. The summed E-state index contributed by atoms with van der Waals surface area (Å²) >= 11 is 0. The Labute approximate surface area is 359 Å². The van der Waals surface area contributed by atoms with Gasteiger partial charge in [0.05, 0.1) is 6.61 Å². The summed E-state index contributed by atoms with van der Waals surface area (Å²) in [5, 5.41) is 4.92. The summed E-state index contributed by atoms with van der Waals surface area (Å²) in [6.45, 7) is 4.96. The monoisotopic (exact) mass is 788 g/mol. The number of benzene rings is 9. The fraction of sp³-hybridized carbons (Fsp3) is 0.0690. The van der Waals surface area contributed by atoms with Gasteiger partial charge in [-0.1, -0.05) is 134 Å². The first-order chi connectivity index (χ1) is 30.1. The van der Waals surface area contributed by atoms with Crippen molar-refractivity contribution in [3.8, 4) is 5.75 Å². The van der Waals surface area contributed by atoms with Gasteiger partial charge in [0.1, 0.15) is 5.75 Å². The van der Waals surface area contributed by atoms with Crippen molar-refractivity contribution in [1.82, 2.24) is 0 Å². The molecule has 0 atom stereocenters. The van der Waals surface area contributed by atoms with Gasteiger partial charge in [-0.25, -0.2) is 0 Å². The molecule has 0 saturated heterocycles. The zero-order valence-electron chi connectivity index (χ0n) is 34.7. The minimum absolute atomic E-state index is 0.718. The summed E-state index contributed by atoms with van der Waals surface area (Å²) in [4.78, 5) is 4.57. The molecule has 0 aromatic heterocycles. The van der Waals surface area contributed by atoms with Crippen LogP contribution in [0.5, 0.6) is 5.75 Å². The minimum Gasteiger partial charge on any atom is -0.494 e. The van der Waals surface area contributed by atoms with Crippen LogP contribution in [0, 0.1) is 6.92 Å². The number of nitrogens with zero attached hydrogens (tertiary/aromatic N) is 2. The van der Waals surface area contributed by atoms with Crippen LogP contribution in [-0.2, 0) is 0 Å². The van der Waals surface area contributed by atoms with E-state index >= 15 is 0 Å². The summed E-state index contributed by atoms with van der Waals surface area (Å²) in [7, 11) is 0. The maximum atomic E-state index is 5.85. The van der Waals surface area contributed by atoms with Crippen LogP contribution in [-0.4, -0.2) is 6.61 Å². The molecule has 0 aliphatic carbocycles. The fourth-order valence-corrected chi connectivity index (χ4v) is 7.75. The number of anilines is 6. The van der Waals surface area contributed by atoms with E-state index in [4.69, 9.17) is 4.74 Å². The van der Waals surface area contributed by atoms with Crippen molar-refractivity contribution in [2.24, 2.45) is 0 Å². The highest BCUT2D eigenvalue weighted by Crippen LogP contribution is 2.37. The molecule has 0 spiro atoms. The van der Waals surface area contributed by atoms with Crippen molar-refractivity contribution in [3.05, 3.63) is 234 Å². The Kier molecular flexibility index (Phi) is 11.5. The van der Waals surface area contributed by atoms with Crippen molar-refractivity contribution in [1.29, 1.82) is 0 Å². The number of hydrogen-bond acceptors (Lipinski definition) is 3. The van der Waals surface area contributed by atoms with Gasteiger partial charge < -0.3 is 14.5 Å². The lowest BCUT2D eigenvalue weighted by Gasteiger charge is -2.25. The predicted octanol–water partition coefficient (Wildman–Crippen LogP) is 16.4. The largest absolute Gasteiger partial charge is 0.494 e. The van der Waals surface area contributed by atoms with Crippen LogP contribution in [0.2, 0.25) is 0 Å². The van der Waals surface area contributed by atoms with E-state index in [9.17, 15) is 0 Å². The van der Waals surface area contributed by atoms with E-state index in [-0.39, 0.29) is 0 Å². The Hall–Kier alpha value is -7.62. The van der Waals surface area contributed by atoms with Crippen LogP contribution < -0.4 is 14.5 Å². The molecule has 9 rings (SSSR count). The maximum Gasteiger partial charge on any atom is 0.119 e. The van der Waals surface area contributed by atoms with E-state index in [1.807, 2.05) is 12.1 Å². The molecular weight excluding hydrogens is 741 g/mol. The fourth-order valence-electron chi connectivity index (χ4n) is 7.75. The molecule has 0 fully saturated rings. The average Bonchev–Trinajstić information content (AvgIpc) is 3.31. The highest BCUT2D eigenvalue weighted by molar-refractivity contribution is 6.00. The number of para-hydroxylation sites is 2. The third kappa shape index (κ3) is 9.17. The second kappa shape index (κ2) is 18.1. The molecule has 0 bridgehead atoms. The number of hydrogen-bond donors (Lipinski definition) is 0. The van der Waals surface area contributed by atoms with Gasteiger partial charge in [0, 0.05) is 34.1 Å². The topological polar surface area (TPSA) is 15.7 Å². The zero-order chi connectivity index (χ0) is 41.4. The average molecular weight is 789 g/mol. The molecular formula is C58H48N2O. The number of fused-ring (bicyclic) bond motifs is 2. The first kappa shape index (κ1) is 38.9. The normalized spacial score (nSPS) is 11.4.